The molecule has 1 atom stereocenters. The number of furan rings is 1. The van der Waals surface area contributed by atoms with Crippen LogP contribution in [0.2, 0.25) is 0 Å². The monoisotopic (exact) mass is 283 g/mol. The highest BCUT2D eigenvalue weighted by Crippen LogP contribution is 2.29. The molecule has 1 N–H and O–H groups in total. The number of aryl methyl sites for hydroxylation is 1. The van der Waals surface area contributed by atoms with Gasteiger partial charge in [0, 0.05) is 5.39 Å². The van der Waals surface area contributed by atoms with E-state index in [0.717, 1.165) is 28.8 Å². The Bertz CT molecular complexity index is 730. The molecule has 0 saturated heterocycles. The molecule has 1 aromatic heterocycles. The molecule has 3 rings (SSSR count). The van der Waals surface area contributed by atoms with E-state index >= 15 is 0 Å². The van der Waals surface area contributed by atoms with E-state index in [9.17, 15) is 4.39 Å². The highest BCUT2D eigenvalue weighted by molar-refractivity contribution is 5.78. The Morgan fingerprint density at radius 2 is 1.95 bits per heavy atom. The first kappa shape index (κ1) is 13.8. The first-order chi connectivity index (χ1) is 10.2. The average molecular weight is 283 g/mol. The number of hydrogen-bond acceptors (Lipinski definition) is 2. The Morgan fingerprint density at radius 1 is 1.14 bits per heavy atom. The van der Waals surface area contributed by atoms with Crippen molar-refractivity contribution in [2.45, 2.75) is 19.9 Å². The molecule has 3 heteroatoms. The molecule has 0 spiro atoms. The lowest BCUT2D eigenvalue weighted by atomic mass is 10.0. The summed E-state index contributed by atoms with van der Waals surface area (Å²) in [6, 6.07) is 15.1. The quantitative estimate of drug-likeness (QED) is 0.758. The van der Waals surface area contributed by atoms with Crippen LogP contribution in [0.1, 0.15) is 29.9 Å². The summed E-state index contributed by atoms with van der Waals surface area (Å²) >= 11 is 0. The summed E-state index contributed by atoms with van der Waals surface area (Å²) in [5.74, 6) is 0.618. The lowest BCUT2D eigenvalue weighted by molar-refractivity contribution is 0.475. The number of halogens is 1. The normalized spacial score (nSPS) is 12.7. The van der Waals surface area contributed by atoms with Gasteiger partial charge in [-0.3, -0.25) is 0 Å². The fourth-order valence-electron chi connectivity index (χ4n) is 2.52. The van der Waals surface area contributed by atoms with Gasteiger partial charge in [0.2, 0.25) is 0 Å². The molecule has 2 nitrogen and oxygen atoms in total. The van der Waals surface area contributed by atoms with Crippen molar-refractivity contribution in [2.24, 2.45) is 0 Å². The second-order valence-electron chi connectivity index (χ2n) is 5.19. The second-order valence-corrected chi connectivity index (χ2v) is 5.19. The van der Waals surface area contributed by atoms with Gasteiger partial charge in [-0.05, 0) is 42.8 Å². The number of para-hydroxylation sites is 1. The highest BCUT2D eigenvalue weighted by Gasteiger charge is 2.18. The van der Waals surface area contributed by atoms with Crippen LogP contribution in [-0.4, -0.2) is 6.54 Å². The van der Waals surface area contributed by atoms with Crippen LogP contribution in [0.4, 0.5) is 4.39 Å². The molecule has 0 radical (unpaired) electrons. The molecule has 3 aromatic rings. The third-order valence-electron chi connectivity index (χ3n) is 3.67. The van der Waals surface area contributed by atoms with Crippen LogP contribution in [0.3, 0.4) is 0 Å². The number of hydrogen-bond donors (Lipinski definition) is 1. The number of rotatable bonds is 4. The van der Waals surface area contributed by atoms with Gasteiger partial charge in [-0.25, -0.2) is 4.39 Å². The van der Waals surface area contributed by atoms with Gasteiger partial charge in [0.25, 0.3) is 0 Å². The van der Waals surface area contributed by atoms with E-state index in [1.54, 1.807) is 19.1 Å². The Kier molecular flexibility index (Phi) is 3.76. The molecule has 0 amide bonds. The van der Waals surface area contributed by atoms with Crippen LogP contribution < -0.4 is 5.32 Å². The van der Waals surface area contributed by atoms with Crippen molar-refractivity contribution >= 4 is 11.0 Å². The summed E-state index contributed by atoms with van der Waals surface area (Å²) in [4.78, 5) is 0. The molecule has 0 aliphatic heterocycles. The zero-order valence-corrected chi connectivity index (χ0v) is 12.2. The van der Waals surface area contributed by atoms with Gasteiger partial charge in [0.1, 0.15) is 17.2 Å². The largest absolute Gasteiger partial charge is 0.459 e. The third-order valence-corrected chi connectivity index (χ3v) is 3.67. The van der Waals surface area contributed by atoms with Crippen LogP contribution in [0.15, 0.2) is 52.9 Å². The van der Waals surface area contributed by atoms with Crippen LogP contribution >= 0.6 is 0 Å². The molecular formula is C18H18FNO. The minimum atomic E-state index is -0.188. The zero-order chi connectivity index (χ0) is 14.8. The smallest absolute Gasteiger partial charge is 0.134 e. The first-order valence-electron chi connectivity index (χ1n) is 7.17. The lowest BCUT2D eigenvalue weighted by Crippen LogP contribution is -2.21. The highest BCUT2D eigenvalue weighted by atomic mass is 19.1. The summed E-state index contributed by atoms with van der Waals surface area (Å²) in [5, 5.41) is 4.42. The van der Waals surface area contributed by atoms with Crippen molar-refractivity contribution in [2.75, 3.05) is 6.54 Å². The summed E-state index contributed by atoms with van der Waals surface area (Å²) in [7, 11) is 0. The molecule has 0 fully saturated rings. The molecular weight excluding hydrogens is 265 g/mol. The minimum absolute atomic E-state index is 0.141. The molecule has 0 aliphatic carbocycles. The van der Waals surface area contributed by atoms with Gasteiger partial charge in [0.15, 0.2) is 0 Å². The van der Waals surface area contributed by atoms with Crippen LogP contribution in [0.25, 0.3) is 11.0 Å². The van der Waals surface area contributed by atoms with E-state index in [-0.39, 0.29) is 11.9 Å². The number of fused-ring (bicyclic) bond motifs is 1. The minimum Gasteiger partial charge on any atom is -0.459 e. The Morgan fingerprint density at radius 3 is 2.67 bits per heavy atom. The van der Waals surface area contributed by atoms with Crippen molar-refractivity contribution in [3.8, 4) is 0 Å². The molecule has 0 aliphatic rings. The van der Waals surface area contributed by atoms with Crippen molar-refractivity contribution in [1.82, 2.24) is 5.32 Å². The SMILES string of the molecule is CCNC(c1ccc(C)c(F)c1)c1cc2ccccc2o1. The lowest BCUT2D eigenvalue weighted by Gasteiger charge is -2.16. The van der Waals surface area contributed by atoms with E-state index < -0.39 is 0 Å². The van der Waals surface area contributed by atoms with Gasteiger partial charge in [0.05, 0.1) is 6.04 Å². The summed E-state index contributed by atoms with van der Waals surface area (Å²) in [5.41, 5.74) is 2.38. The van der Waals surface area contributed by atoms with Gasteiger partial charge >= 0.3 is 0 Å². The van der Waals surface area contributed by atoms with Crippen LogP contribution in [0.5, 0.6) is 0 Å². The molecule has 21 heavy (non-hydrogen) atoms. The average Bonchev–Trinajstić information content (AvgIpc) is 2.91. The maximum absolute atomic E-state index is 13.8. The van der Waals surface area contributed by atoms with E-state index in [1.807, 2.05) is 43.3 Å². The Hall–Kier alpha value is -2.13. The maximum atomic E-state index is 13.8. The second kappa shape index (κ2) is 5.70. The summed E-state index contributed by atoms with van der Waals surface area (Å²) in [6.45, 7) is 4.57. The van der Waals surface area contributed by atoms with Crippen LogP contribution in [-0.2, 0) is 0 Å². The van der Waals surface area contributed by atoms with E-state index in [1.165, 1.54) is 0 Å². The topological polar surface area (TPSA) is 25.2 Å². The van der Waals surface area contributed by atoms with Crippen molar-refractivity contribution < 1.29 is 8.81 Å². The van der Waals surface area contributed by atoms with Gasteiger partial charge < -0.3 is 9.73 Å². The number of nitrogens with one attached hydrogen (secondary N) is 1. The molecule has 1 heterocycles. The van der Waals surface area contributed by atoms with Crippen LogP contribution in [0, 0.1) is 12.7 Å². The predicted octanol–water partition coefficient (Wildman–Crippen LogP) is 4.58. The summed E-state index contributed by atoms with van der Waals surface area (Å²) in [6.07, 6.45) is 0. The summed E-state index contributed by atoms with van der Waals surface area (Å²) < 4.78 is 19.8. The molecule has 1 unspecified atom stereocenters. The molecule has 0 bridgehead atoms. The Labute approximate surface area is 123 Å². The first-order valence-corrected chi connectivity index (χ1v) is 7.17. The van der Waals surface area contributed by atoms with Gasteiger partial charge in [-0.15, -0.1) is 0 Å². The van der Waals surface area contributed by atoms with Gasteiger partial charge in [-0.2, -0.15) is 0 Å². The van der Waals surface area contributed by atoms with Crippen molar-refractivity contribution in [1.29, 1.82) is 0 Å². The van der Waals surface area contributed by atoms with Crippen molar-refractivity contribution in [3.63, 3.8) is 0 Å². The maximum Gasteiger partial charge on any atom is 0.134 e. The number of benzene rings is 2. The van der Waals surface area contributed by atoms with E-state index in [0.29, 0.717) is 5.56 Å². The fourth-order valence-corrected chi connectivity index (χ4v) is 2.52. The molecule has 0 saturated carbocycles. The predicted molar refractivity (Wildman–Crippen MR) is 82.9 cm³/mol. The fraction of sp³-hybridized carbons (Fsp3) is 0.222. The third kappa shape index (κ3) is 2.69. The standard InChI is InChI=1S/C18H18FNO/c1-3-20-18(14-9-8-12(2)15(19)10-14)17-11-13-6-4-5-7-16(13)21-17/h4-11,18,20H,3H2,1-2H3. The molecule has 2 aromatic carbocycles. The van der Waals surface area contributed by atoms with Gasteiger partial charge in [-0.1, -0.05) is 37.3 Å². The zero-order valence-electron chi connectivity index (χ0n) is 12.2. The van der Waals surface area contributed by atoms with Crippen molar-refractivity contribution in [3.05, 3.63) is 71.2 Å². The molecule has 108 valence electrons. The Balaban J connectivity index is 2.05. The van der Waals surface area contributed by atoms with E-state index in [2.05, 4.69) is 5.32 Å². The van der Waals surface area contributed by atoms with E-state index in [4.69, 9.17) is 4.42 Å².